The molecule has 3 aliphatic carbocycles. The number of aromatic hydroxyl groups is 1. The van der Waals surface area contributed by atoms with E-state index in [2.05, 4.69) is 4.90 Å². The van der Waals surface area contributed by atoms with Gasteiger partial charge in [-0.25, -0.2) is 0 Å². The van der Waals surface area contributed by atoms with E-state index in [9.17, 15) is 34.8 Å². The van der Waals surface area contributed by atoms with Gasteiger partial charge in [-0.3, -0.25) is 19.3 Å². The molecule has 36 heavy (non-hydrogen) atoms. The Bertz CT molecular complexity index is 1450. The Balaban J connectivity index is 1.49. The molecule has 0 bridgehead atoms. The number of hydrogen-bond acceptors (Lipinski definition) is 8. The van der Waals surface area contributed by atoms with Crippen molar-refractivity contribution in [2.45, 2.75) is 37.8 Å². The van der Waals surface area contributed by atoms with Crippen molar-refractivity contribution in [2.24, 2.45) is 17.6 Å². The molecule has 1 aliphatic heterocycles. The molecular formula is C27H26N2O7. The van der Waals surface area contributed by atoms with E-state index >= 15 is 0 Å². The number of hydrogen-bond donors (Lipinski definition) is 5. The molecule has 2 aromatic carbocycles. The smallest absolute Gasteiger partial charge is 0.255 e. The molecule has 6 rings (SSSR count). The molecule has 2 unspecified atom stereocenters. The standard InChI is InChI=1S/C27H26N2O7/c28-26(35)21-18(30)10-15-8-13-7-14-9-17-12(11-29-5-2-6-29)3-1-4-16(17)22(31)19(14)23(32)20(13)24(33)27(15,36)25(21)34/h1,3-4,9,13,15,30-31,33,36H,2,5-8,10-11H2,(H2,28,35)/t13?,15?,27-/m0/s1. The largest absolute Gasteiger partial charge is 0.511 e. The lowest BCUT2D eigenvalue weighted by Gasteiger charge is -2.45. The van der Waals surface area contributed by atoms with Gasteiger partial charge in [-0.2, -0.15) is 0 Å². The van der Waals surface area contributed by atoms with E-state index in [1.165, 1.54) is 0 Å². The van der Waals surface area contributed by atoms with Gasteiger partial charge in [0.25, 0.3) is 5.91 Å². The predicted octanol–water partition coefficient (Wildman–Crippen LogP) is 1.94. The number of phenolic OH excluding ortho intramolecular Hbond substituents is 1. The van der Waals surface area contributed by atoms with Gasteiger partial charge in [-0.05, 0) is 60.8 Å². The number of nitrogens with zero attached hydrogens (tertiary/aromatic N) is 1. The third kappa shape index (κ3) is 2.93. The summed E-state index contributed by atoms with van der Waals surface area (Å²) < 4.78 is 0. The molecule has 6 N–H and O–H groups in total. The summed E-state index contributed by atoms with van der Waals surface area (Å²) in [5.41, 5.74) is 3.49. The molecule has 1 saturated heterocycles. The summed E-state index contributed by atoms with van der Waals surface area (Å²) in [6, 6.07) is 7.49. The molecule has 1 heterocycles. The number of likely N-dealkylation sites (tertiary alicyclic amines) is 1. The average molecular weight is 491 g/mol. The van der Waals surface area contributed by atoms with Crippen LogP contribution in [0.4, 0.5) is 0 Å². The Labute approximate surface area is 206 Å². The number of primary amides is 1. The summed E-state index contributed by atoms with van der Waals surface area (Å²) in [4.78, 5) is 40.8. The SMILES string of the molecule is NC(=O)C1=C(O)CC2CC3Cc4cc5c(CN6CCC6)cccc5c(O)c4C(=O)C3=C(O)[C@]2(O)C1=O. The maximum atomic E-state index is 13.7. The first-order chi connectivity index (χ1) is 17.1. The molecule has 9 heteroatoms. The topological polar surface area (TPSA) is 161 Å². The van der Waals surface area contributed by atoms with E-state index < -0.39 is 52.0 Å². The summed E-state index contributed by atoms with van der Waals surface area (Å²) >= 11 is 0. The van der Waals surface area contributed by atoms with Crippen LogP contribution < -0.4 is 5.73 Å². The Kier molecular flexibility index (Phi) is 4.84. The summed E-state index contributed by atoms with van der Waals surface area (Å²) in [7, 11) is 0. The van der Waals surface area contributed by atoms with Crippen molar-refractivity contribution in [1.29, 1.82) is 0 Å². The van der Waals surface area contributed by atoms with Crippen LogP contribution in [0.5, 0.6) is 5.75 Å². The lowest BCUT2D eigenvalue weighted by atomic mass is 9.60. The van der Waals surface area contributed by atoms with Crippen LogP contribution in [0.15, 0.2) is 46.9 Å². The van der Waals surface area contributed by atoms with E-state index in [4.69, 9.17) is 5.73 Å². The molecule has 1 fully saturated rings. The number of benzene rings is 2. The van der Waals surface area contributed by atoms with Crippen LogP contribution in [0.2, 0.25) is 0 Å². The zero-order valence-corrected chi connectivity index (χ0v) is 19.5. The molecule has 0 aromatic heterocycles. The second-order valence-corrected chi connectivity index (χ2v) is 10.3. The normalized spacial score (nSPS) is 28.0. The van der Waals surface area contributed by atoms with Crippen LogP contribution >= 0.6 is 0 Å². The fourth-order valence-electron chi connectivity index (χ4n) is 6.39. The van der Waals surface area contributed by atoms with Crippen molar-refractivity contribution in [1.82, 2.24) is 4.90 Å². The number of ketones is 2. The number of carbonyl (C=O) groups is 3. The number of aliphatic hydroxyl groups excluding tert-OH is 2. The zero-order valence-electron chi connectivity index (χ0n) is 19.5. The van der Waals surface area contributed by atoms with Gasteiger partial charge in [0, 0.05) is 29.8 Å². The van der Waals surface area contributed by atoms with Crippen molar-refractivity contribution < 1.29 is 34.8 Å². The third-order valence-corrected chi connectivity index (χ3v) is 8.34. The average Bonchev–Trinajstić information content (AvgIpc) is 2.78. The quantitative estimate of drug-likeness (QED) is 0.408. The summed E-state index contributed by atoms with van der Waals surface area (Å²) in [6.45, 7) is 2.77. The Hall–Kier alpha value is -3.69. The van der Waals surface area contributed by atoms with E-state index in [-0.39, 0.29) is 29.7 Å². The van der Waals surface area contributed by atoms with Gasteiger partial charge < -0.3 is 26.2 Å². The van der Waals surface area contributed by atoms with Gasteiger partial charge in [-0.15, -0.1) is 0 Å². The molecule has 0 radical (unpaired) electrons. The van der Waals surface area contributed by atoms with E-state index in [0.717, 1.165) is 37.0 Å². The summed E-state index contributed by atoms with van der Waals surface area (Å²) in [5.74, 6) is -6.13. The van der Waals surface area contributed by atoms with E-state index in [1.807, 2.05) is 18.2 Å². The predicted molar refractivity (Wildman–Crippen MR) is 128 cm³/mol. The van der Waals surface area contributed by atoms with Crippen LogP contribution in [0.3, 0.4) is 0 Å². The number of phenols is 1. The van der Waals surface area contributed by atoms with Gasteiger partial charge in [0.1, 0.15) is 22.8 Å². The number of Topliss-reactive ketones (excluding diaryl/α,β-unsaturated/α-hetero) is 2. The van der Waals surface area contributed by atoms with Crippen molar-refractivity contribution in [3.8, 4) is 5.75 Å². The highest BCUT2D eigenvalue weighted by molar-refractivity contribution is 6.24. The molecule has 0 spiro atoms. The second-order valence-electron chi connectivity index (χ2n) is 10.3. The van der Waals surface area contributed by atoms with Crippen LogP contribution in [0.1, 0.15) is 40.7 Å². The Morgan fingerprint density at radius 2 is 1.86 bits per heavy atom. The van der Waals surface area contributed by atoms with Crippen LogP contribution in [0.25, 0.3) is 10.8 Å². The molecule has 2 aromatic rings. The van der Waals surface area contributed by atoms with Gasteiger partial charge in [0.15, 0.2) is 11.4 Å². The highest BCUT2D eigenvalue weighted by atomic mass is 16.3. The third-order valence-electron chi connectivity index (χ3n) is 8.34. The number of amides is 1. The molecule has 0 saturated carbocycles. The van der Waals surface area contributed by atoms with Crippen molar-refractivity contribution in [2.75, 3.05) is 13.1 Å². The molecule has 4 aliphatic rings. The number of aliphatic hydroxyl groups is 3. The fourth-order valence-corrected chi connectivity index (χ4v) is 6.39. The maximum Gasteiger partial charge on any atom is 0.255 e. The highest BCUT2D eigenvalue weighted by Crippen LogP contribution is 2.52. The molecular weight excluding hydrogens is 464 g/mol. The summed E-state index contributed by atoms with van der Waals surface area (Å²) in [5, 5.41) is 45.3. The van der Waals surface area contributed by atoms with Crippen LogP contribution in [-0.4, -0.2) is 61.5 Å². The molecule has 3 atom stereocenters. The minimum absolute atomic E-state index is 0.0419. The lowest BCUT2D eigenvalue weighted by molar-refractivity contribution is -0.144. The van der Waals surface area contributed by atoms with E-state index in [0.29, 0.717) is 17.4 Å². The highest BCUT2D eigenvalue weighted by Gasteiger charge is 2.59. The first-order valence-electron chi connectivity index (χ1n) is 12.1. The number of nitrogens with two attached hydrogens (primary N) is 1. The maximum absolute atomic E-state index is 13.7. The van der Waals surface area contributed by atoms with Gasteiger partial charge in [0.2, 0.25) is 5.78 Å². The van der Waals surface area contributed by atoms with Gasteiger partial charge in [0.05, 0.1) is 5.56 Å². The lowest BCUT2D eigenvalue weighted by Crippen LogP contribution is -2.57. The minimum atomic E-state index is -2.55. The first kappa shape index (κ1) is 22.8. The van der Waals surface area contributed by atoms with Crippen molar-refractivity contribution in [3.63, 3.8) is 0 Å². The van der Waals surface area contributed by atoms with Crippen LogP contribution in [0, 0.1) is 11.8 Å². The number of carbonyl (C=O) groups excluding carboxylic acids is 3. The number of fused-ring (bicyclic) bond motifs is 4. The number of rotatable bonds is 3. The van der Waals surface area contributed by atoms with Crippen molar-refractivity contribution >= 4 is 28.2 Å². The monoisotopic (exact) mass is 490 g/mol. The van der Waals surface area contributed by atoms with Crippen molar-refractivity contribution in [3.05, 3.63) is 63.6 Å². The second kappa shape index (κ2) is 7.65. The molecule has 186 valence electrons. The first-order valence-corrected chi connectivity index (χ1v) is 12.1. The van der Waals surface area contributed by atoms with Gasteiger partial charge >= 0.3 is 0 Å². The molecule has 9 nitrogen and oxygen atoms in total. The molecule has 1 amide bonds. The van der Waals surface area contributed by atoms with Gasteiger partial charge in [-0.1, -0.05) is 18.2 Å². The van der Waals surface area contributed by atoms with Crippen LogP contribution in [-0.2, 0) is 22.6 Å². The minimum Gasteiger partial charge on any atom is -0.511 e. The Morgan fingerprint density at radius 1 is 1.11 bits per heavy atom. The zero-order chi connectivity index (χ0) is 25.5. The summed E-state index contributed by atoms with van der Waals surface area (Å²) in [6.07, 6.45) is 1.34. The fraction of sp³-hybridized carbons (Fsp3) is 0.370. The number of allylic oxidation sites excluding steroid dienone is 2. The van der Waals surface area contributed by atoms with E-state index in [1.54, 1.807) is 6.07 Å². The Morgan fingerprint density at radius 3 is 2.53 bits per heavy atom.